The molecule has 0 aliphatic carbocycles. The van der Waals surface area contributed by atoms with Crippen molar-refractivity contribution in [2.45, 2.75) is 25.7 Å². The second-order valence-electron chi connectivity index (χ2n) is 6.43. The highest BCUT2D eigenvalue weighted by atomic mass is 16.5. The van der Waals surface area contributed by atoms with Gasteiger partial charge in [0, 0.05) is 13.1 Å². The summed E-state index contributed by atoms with van der Waals surface area (Å²) < 4.78 is 5.98. The lowest BCUT2D eigenvalue weighted by Gasteiger charge is -2.23. The molecule has 0 radical (unpaired) electrons. The van der Waals surface area contributed by atoms with Gasteiger partial charge in [-0.05, 0) is 35.7 Å². The fourth-order valence-corrected chi connectivity index (χ4v) is 3.33. The lowest BCUT2D eigenvalue weighted by molar-refractivity contribution is 0.464. The van der Waals surface area contributed by atoms with Crippen molar-refractivity contribution in [1.82, 2.24) is 9.97 Å². The number of hydrogen-bond acceptors (Lipinski definition) is 5. The van der Waals surface area contributed by atoms with Crippen LogP contribution in [0.1, 0.15) is 25.7 Å². The van der Waals surface area contributed by atoms with Gasteiger partial charge in [-0.3, -0.25) is 0 Å². The topological polar surface area (TPSA) is 64.3 Å². The zero-order valence-corrected chi connectivity index (χ0v) is 14.2. The number of nitrogens with two attached hydrogens (primary N) is 1. The Morgan fingerprint density at radius 1 is 0.880 bits per heavy atom. The Bertz CT molecular complexity index is 872. The van der Waals surface area contributed by atoms with Gasteiger partial charge in [0.1, 0.15) is 17.8 Å². The molecule has 0 bridgehead atoms. The number of rotatable bonds is 3. The van der Waals surface area contributed by atoms with Crippen LogP contribution in [0.15, 0.2) is 48.8 Å². The van der Waals surface area contributed by atoms with Crippen molar-refractivity contribution >= 4 is 22.3 Å². The maximum absolute atomic E-state index is 6.33. The lowest BCUT2D eigenvalue weighted by Crippen LogP contribution is -2.26. The van der Waals surface area contributed by atoms with E-state index in [1.807, 2.05) is 30.3 Å². The number of anilines is 2. The number of fused-ring (bicyclic) bond motifs is 1. The van der Waals surface area contributed by atoms with Crippen molar-refractivity contribution in [2.75, 3.05) is 23.7 Å². The summed E-state index contributed by atoms with van der Waals surface area (Å²) in [6.07, 6.45) is 6.41. The summed E-state index contributed by atoms with van der Waals surface area (Å²) in [5.74, 6) is 1.93. The van der Waals surface area contributed by atoms with E-state index in [4.69, 9.17) is 10.5 Å². The molecule has 1 aromatic heterocycles. The molecule has 0 saturated carbocycles. The van der Waals surface area contributed by atoms with Gasteiger partial charge in [0.15, 0.2) is 5.82 Å². The summed E-state index contributed by atoms with van der Waals surface area (Å²) in [6.45, 7) is 1.97. The monoisotopic (exact) mass is 334 g/mol. The molecule has 25 heavy (non-hydrogen) atoms. The maximum Gasteiger partial charge on any atom is 0.248 e. The van der Waals surface area contributed by atoms with Crippen LogP contribution in [0, 0.1) is 0 Å². The number of aromatic nitrogens is 2. The Morgan fingerprint density at radius 2 is 1.64 bits per heavy atom. The van der Waals surface area contributed by atoms with Gasteiger partial charge in [-0.2, -0.15) is 4.98 Å². The number of nitrogens with zero attached hydrogens (tertiary/aromatic N) is 3. The molecular weight excluding hydrogens is 312 g/mol. The molecule has 2 N–H and O–H groups in total. The number of hydrogen-bond donors (Lipinski definition) is 1. The average Bonchev–Trinajstić information content (AvgIpc) is 2.93. The zero-order valence-electron chi connectivity index (χ0n) is 14.2. The van der Waals surface area contributed by atoms with Gasteiger partial charge in [0.2, 0.25) is 5.88 Å². The van der Waals surface area contributed by atoms with Crippen LogP contribution in [0.2, 0.25) is 0 Å². The minimum atomic E-state index is 0.421. The summed E-state index contributed by atoms with van der Waals surface area (Å²) in [7, 11) is 0. The van der Waals surface area contributed by atoms with Crippen LogP contribution in [-0.4, -0.2) is 23.1 Å². The highest BCUT2D eigenvalue weighted by molar-refractivity contribution is 5.83. The van der Waals surface area contributed by atoms with Crippen LogP contribution in [0.4, 0.5) is 11.5 Å². The van der Waals surface area contributed by atoms with E-state index in [0.29, 0.717) is 11.6 Å². The van der Waals surface area contributed by atoms with Crippen LogP contribution in [0.3, 0.4) is 0 Å². The Morgan fingerprint density at radius 3 is 2.44 bits per heavy atom. The van der Waals surface area contributed by atoms with Gasteiger partial charge >= 0.3 is 0 Å². The van der Waals surface area contributed by atoms with Crippen molar-refractivity contribution in [1.29, 1.82) is 0 Å². The minimum Gasteiger partial charge on any atom is -0.437 e. The fourth-order valence-electron chi connectivity index (χ4n) is 3.33. The van der Waals surface area contributed by atoms with E-state index in [-0.39, 0.29) is 0 Å². The number of nitrogen functional groups attached to an aromatic ring is 1. The van der Waals surface area contributed by atoms with Gasteiger partial charge in [-0.25, -0.2) is 4.98 Å². The highest BCUT2D eigenvalue weighted by Crippen LogP contribution is 2.33. The molecule has 0 unspecified atom stereocenters. The lowest BCUT2D eigenvalue weighted by atomic mass is 10.1. The van der Waals surface area contributed by atoms with E-state index in [0.717, 1.165) is 30.0 Å². The molecule has 2 aromatic carbocycles. The molecule has 2 heterocycles. The van der Waals surface area contributed by atoms with E-state index in [9.17, 15) is 0 Å². The molecule has 128 valence electrons. The molecule has 1 fully saturated rings. The van der Waals surface area contributed by atoms with E-state index in [2.05, 4.69) is 27.0 Å². The first-order valence-corrected chi connectivity index (χ1v) is 8.83. The largest absolute Gasteiger partial charge is 0.437 e. The van der Waals surface area contributed by atoms with Crippen molar-refractivity contribution < 1.29 is 4.74 Å². The molecule has 0 amide bonds. The summed E-state index contributed by atoms with van der Waals surface area (Å²) in [5, 5.41) is 2.30. The number of benzene rings is 2. The normalized spacial score (nSPS) is 15.1. The Hall–Kier alpha value is -2.82. The highest BCUT2D eigenvalue weighted by Gasteiger charge is 2.17. The van der Waals surface area contributed by atoms with Gasteiger partial charge < -0.3 is 15.4 Å². The molecular formula is C20H22N4O. The van der Waals surface area contributed by atoms with Crippen LogP contribution in [-0.2, 0) is 0 Å². The SMILES string of the molecule is Nc1c(Oc2ccc3ccccc3c2)ncnc1N1CCCCCC1. The van der Waals surface area contributed by atoms with Crippen LogP contribution in [0.5, 0.6) is 11.6 Å². The maximum atomic E-state index is 6.33. The molecule has 5 nitrogen and oxygen atoms in total. The smallest absolute Gasteiger partial charge is 0.248 e. The summed E-state index contributed by atoms with van der Waals surface area (Å²) >= 11 is 0. The standard InChI is InChI=1S/C20H22N4O/c21-18-19(24-11-5-1-2-6-12-24)22-14-23-20(18)25-17-10-9-15-7-3-4-8-16(15)13-17/h3-4,7-10,13-14H,1-2,5-6,11-12,21H2. The van der Waals surface area contributed by atoms with E-state index in [1.165, 1.54) is 37.4 Å². The van der Waals surface area contributed by atoms with E-state index >= 15 is 0 Å². The predicted molar refractivity (Wildman–Crippen MR) is 101 cm³/mol. The third-order valence-electron chi connectivity index (χ3n) is 4.67. The first-order valence-electron chi connectivity index (χ1n) is 8.83. The van der Waals surface area contributed by atoms with Crippen LogP contribution in [0.25, 0.3) is 10.8 Å². The molecule has 1 saturated heterocycles. The predicted octanol–water partition coefficient (Wildman–Crippen LogP) is 4.38. The van der Waals surface area contributed by atoms with Crippen LogP contribution < -0.4 is 15.4 Å². The molecule has 0 spiro atoms. The molecule has 5 heteroatoms. The number of ether oxygens (including phenoxy) is 1. The Labute approximate surface area is 147 Å². The molecule has 3 aromatic rings. The van der Waals surface area contributed by atoms with Crippen molar-refractivity contribution in [3.8, 4) is 11.6 Å². The second-order valence-corrected chi connectivity index (χ2v) is 6.43. The van der Waals surface area contributed by atoms with Gasteiger partial charge in [0.25, 0.3) is 0 Å². The molecule has 0 atom stereocenters. The summed E-state index contributed by atoms with van der Waals surface area (Å²) in [6, 6.07) is 14.2. The first-order chi connectivity index (χ1) is 12.3. The third-order valence-corrected chi connectivity index (χ3v) is 4.67. The fraction of sp³-hybridized carbons (Fsp3) is 0.300. The van der Waals surface area contributed by atoms with E-state index < -0.39 is 0 Å². The van der Waals surface area contributed by atoms with Crippen molar-refractivity contribution in [2.24, 2.45) is 0 Å². The quantitative estimate of drug-likeness (QED) is 0.770. The molecule has 1 aliphatic rings. The summed E-state index contributed by atoms with van der Waals surface area (Å²) in [4.78, 5) is 10.9. The van der Waals surface area contributed by atoms with Crippen LogP contribution >= 0.6 is 0 Å². The second kappa shape index (κ2) is 6.97. The molecule has 4 rings (SSSR count). The first kappa shape index (κ1) is 15.7. The van der Waals surface area contributed by atoms with Crippen molar-refractivity contribution in [3.05, 3.63) is 48.8 Å². The zero-order chi connectivity index (χ0) is 17.1. The van der Waals surface area contributed by atoms with Gasteiger partial charge in [-0.15, -0.1) is 0 Å². The third kappa shape index (κ3) is 3.36. The van der Waals surface area contributed by atoms with Crippen molar-refractivity contribution in [3.63, 3.8) is 0 Å². The minimum absolute atomic E-state index is 0.421. The van der Waals surface area contributed by atoms with Gasteiger partial charge in [0.05, 0.1) is 0 Å². The average molecular weight is 334 g/mol. The Kier molecular flexibility index (Phi) is 4.37. The molecule has 1 aliphatic heterocycles. The Balaban J connectivity index is 1.62. The van der Waals surface area contributed by atoms with Gasteiger partial charge in [-0.1, -0.05) is 43.2 Å². The summed E-state index contributed by atoms with van der Waals surface area (Å²) in [5.41, 5.74) is 6.85. The van der Waals surface area contributed by atoms with E-state index in [1.54, 1.807) is 0 Å².